The van der Waals surface area contributed by atoms with Crippen molar-refractivity contribution in [1.29, 1.82) is 0 Å². The van der Waals surface area contributed by atoms with Gasteiger partial charge in [-0.25, -0.2) is 8.42 Å². The molecule has 0 amide bonds. The maximum atomic E-state index is 12.2. The van der Waals surface area contributed by atoms with Gasteiger partial charge in [-0.15, -0.1) is 11.6 Å². The van der Waals surface area contributed by atoms with E-state index in [1.807, 2.05) is 0 Å². The van der Waals surface area contributed by atoms with Crippen molar-refractivity contribution < 1.29 is 13.2 Å². The highest BCUT2D eigenvalue weighted by atomic mass is 35.5. The molecule has 1 saturated carbocycles. The first kappa shape index (κ1) is 13.2. The normalized spacial score (nSPS) is 44.7. The number of hydrogen-bond donors (Lipinski definition) is 0. The number of rotatable bonds is 1. The highest BCUT2D eigenvalue weighted by Gasteiger charge is 2.68. The molecule has 3 aliphatic rings. The molecule has 18 heavy (non-hydrogen) atoms. The molecule has 3 fully saturated rings. The van der Waals surface area contributed by atoms with E-state index in [2.05, 4.69) is 4.90 Å². The lowest BCUT2D eigenvalue weighted by molar-refractivity contribution is -0.0303. The average molecular weight is 294 g/mol. The maximum absolute atomic E-state index is 12.2. The van der Waals surface area contributed by atoms with Gasteiger partial charge in [-0.2, -0.15) is 0 Å². The quantitative estimate of drug-likeness (QED) is 0.685. The van der Waals surface area contributed by atoms with Crippen LogP contribution in [0.5, 0.6) is 0 Å². The second-order valence-corrected chi connectivity index (χ2v) is 8.50. The summed E-state index contributed by atoms with van der Waals surface area (Å²) in [5, 5.41) is -0.243. The molecule has 2 heterocycles. The molecule has 1 aliphatic carbocycles. The fourth-order valence-electron chi connectivity index (χ4n) is 3.88. The van der Waals surface area contributed by atoms with E-state index in [1.54, 1.807) is 0 Å². The van der Waals surface area contributed by atoms with Crippen LogP contribution >= 0.6 is 11.6 Å². The van der Waals surface area contributed by atoms with Crippen LogP contribution in [0.15, 0.2) is 0 Å². The van der Waals surface area contributed by atoms with Gasteiger partial charge in [0.1, 0.15) is 0 Å². The summed E-state index contributed by atoms with van der Waals surface area (Å²) >= 11 is 6.31. The molecule has 0 radical (unpaired) electrons. The molecule has 0 aromatic rings. The molecule has 0 bridgehead atoms. The Morgan fingerprint density at radius 2 is 1.89 bits per heavy atom. The number of fused-ring (bicyclic) bond motifs is 1. The molecule has 4 nitrogen and oxygen atoms in total. The van der Waals surface area contributed by atoms with Crippen molar-refractivity contribution in [2.24, 2.45) is 0 Å². The van der Waals surface area contributed by atoms with Crippen LogP contribution in [0.2, 0.25) is 0 Å². The van der Waals surface area contributed by atoms with Gasteiger partial charge in [-0.3, -0.25) is 4.90 Å². The second kappa shape index (κ2) is 4.62. The van der Waals surface area contributed by atoms with E-state index in [-0.39, 0.29) is 10.8 Å². The number of nitrogens with zero attached hydrogens (tertiary/aromatic N) is 1. The first-order chi connectivity index (χ1) is 8.60. The number of ether oxygens (including phenoxy) is 1. The predicted octanol–water partition coefficient (Wildman–Crippen LogP) is 1.38. The lowest BCUT2D eigenvalue weighted by Gasteiger charge is -2.58. The summed E-state index contributed by atoms with van der Waals surface area (Å²) in [5.74, 6) is 0. The summed E-state index contributed by atoms with van der Waals surface area (Å²) in [7, 11) is -3.11. The number of morpholine rings is 1. The Kier molecular flexibility index (Phi) is 3.37. The SMILES string of the molecule is O=S1(=O)[C@H](Cl)[C@]2(N3CCOCC3)CCCCC[C@@H]21. The molecule has 3 atom stereocenters. The zero-order valence-electron chi connectivity index (χ0n) is 10.5. The van der Waals surface area contributed by atoms with E-state index < -0.39 is 14.5 Å². The molecule has 0 aromatic heterocycles. The van der Waals surface area contributed by atoms with Crippen molar-refractivity contribution in [2.75, 3.05) is 26.3 Å². The Labute approximate surface area is 114 Å². The fraction of sp³-hybridized carbons (Fsp3) is 1.00. The third kappa shape index (κ3) is 1.67. The number of hydrogen-bond acceptors (Lipinski definition) is 4. The lowest BCUT2D eigenvalue weighted by Crippen LogP contribution is -2.76. The first-order valence-electron chi connectivity index (χ1n) is 6.80. The number of alkyl halides is 1. The Bertz CT molecular complexity index is 421. The van der Waals surface area contributed by atoms with Crippen LogP contribution in [-0.2, 0) is 14.6 Å². The Morgan fingerprint density at radius 3 is 2.61 bits per heavy atom. The average Bonchev–Trinajstić information content (AvgIpc) is 2.61. The Balaban J connectivity index is 1.94. The van der Waals surface area contributed by atoms with Gasteiger partial charge in [0, 0.05) is 13.1 Å². The smallest absolute Gasteiger partial charge is 0.173 e. The summed E-state index contributed by atoms with van der Waals surface area (Å²) in [5.41, 5.74) is -0.305. The highest BCUT2D eigenvalue weighted by Crippen LogP contribution is 2.53. The van der Waals surface area contributed by atoms with E-state index in [0.29, 0.717) is 13.2 Å². The van der Waals surface area contributed by atoms with Crippen LogP contribution in [-0.4, -0.2) is 55.1 Å². The van der Waals surface area contributed by atoms with Crippen molar-refractivity contribution in [3.05, 3.63) is 0 Å². The first-order valence-corrected chi connectivity index (χ1v) is 8.84. The van der Waals surface area contributed by atoms with Crippen molar-refractivity contribution in [2.45, 2.75) is 47.6 Å². The molecule has 0 spiro atoms. The van der Waals surface area contributed by atoms with Gasteiger partial charge in [0.05, 0.1) is 24.0 Å². The standard InChI is InChI=1S/C12H20ClNO3S/c13-11-12(14-6-8-17-9-7-14)5-3-1-2-4-10(12)18(11,15)16/h10-11H,1-9H2/t10-,11-,12-/m0/s1. The summed E-state index contributed by atoms with van der Waals surface area (Å²) in [6.07, 6.45) is 4.93. The van der Waals surface area contributed by atoms with E-state index in [9.17, 15) is 8.42 Å². The number of halogens is 1. The molecule has 2 saturated heterocycles. The van der Waals surface area contributed by atoms with Gasteiger partial charge in [0.2, 0.25) is 0 Å². The molecule has 104 valence electrons. The van der Waals surface area contributed by atoms with Crippen molar-refractivity contribution in [3.8, 4) is 0 Å². The third-order valence-electron chi connectivity index (χ3n) is 4.78. The van der Waals surface area contributed by atoms with Gasteiger partial charge >= 0.3 is 0 Å². The van der Waals surface area contributed by atoms with Gasteiger partial charge in [-0.1, -0.05) is 19.3 Å². The summed E-state index contributed by atoms with van der Waals surface area (Å²) in [6.45, 7) is 3.01. The minimum atomic E-state index is -3.11. The minimum Gasteiger partial charge on any atom is -0.379 e. The predicted molar refractivity (Wildman–Crippen MR) is 70.6 cm³/mol. The van der Waals surface area contributed by atoms with Crippen molar-refractivity contribution in [3.63, 3.8) is 0 Å². The van der Waals surface area contributed by atoms with Gasteiger partial charge in [-0.05, 0) is 12.8 Å². The molecule has 0 unspecified atom stereocenters. The Hall–Kier alpha value is 0.160. The van der Waals surface area contributed by atoms with E-state index >= 15 is 0 Å². The van der Waals surface area contributed by atoms with Crippen molar-refractivity contribution in [1.82, 2.24) is 4.90 Å². The zero-order valence-corrected chi connectivity index (χ0v) is 12.0. The number of sulfone groups is 1. The summed E-state index contributed by atoms with van der Waals surface area (Å²) in [6, 6.07) is 0. The molecule has 3 rings (SSSR count). The molecule has 2 aliphatic heterocycles. The van der Waals surface area contributed by atoms with Crippen molar-refractivity contribution >= 4 is 21.4 Å². The van der Waals surface area contributed by atoms with E-state index in [0.717, 1.165) is 45.2 Å². The summed E-state index contributed by atoms with van der Waals surface area (Å²) in [4.78, 5) is 2.30. The molecule has 0 N–H and O–H groups in total. The third-order valence-corrected chi connectivity index (χ3v) is 8.32. The monoisotopic (exact) mass is 293 g/mol. The topological polar surface area (TPSA) is 46.6 Å². The van der Waals surface area contributed by atoms with Gasteiger partial charge in [0.25, 0.3) is 0 Å². The molecule has 0 aromatic carbocycles. The molecule has 6 heteroatoms. The fourth-order valence-corrected chi connectivity index (χ4v) is 7.25. The van der Waals surface area contributed by atoms with E-state index in [1.165, 1.54) is 0 Å². The molecular weight excluding hydrogens is 274 g/mol. The van der Waals surface area contributed by atoms with Crippen LogP contribution in [0, 0.1) is 0 Å². The maximum Gasteiger partial charge on any atom is 0.173 e. The van der Waals surface area contributed by atoms with Gasteiger partial charge < -0.3 is 4.74 Å². The van der Waals surface area contributed by atoms with Crippen LogP contribution in [0.1, 0.15) is 32.1 Å². The van der Waals surface area contributed by atoms with Gasteiger partial charge in [0.15, 0.2) is 14.5 Å². The Morgan fingerprint density at radius 1 is 1.17 bits per heavy atom. The van der Waals surface area contributed by atoms with E-state index in [4.69, 9.17) is 16.3 Å². The second-order valence-electron chi connectivity index (χ2n) is 5.58. The minimum absolute atomic E-state index is 0.243. The molecular formula is C12H20ClNO3S. The largest absolute Gasteiger partial charge is 0.379 e. The van der Waals surface area contributed by atoms with Crippen LogP contribution in [0.4, 0.5) is 0 Å². The zero-order chi connectivity index (χ0) is 12.8. The van der Waals surface area contributed by atoms with Crippen LogP contribution in [0.3, 0.4) is 0 Å². The lowest BCUT2D eigenvalue weighted by atomic mass is 9.87. The summed E-state index contributed by atoms with van der Waals surface area (Å²) < 4.78 is 29.1. The van der Waals surface area contributed by atoms with Crippen LogP contribution in [0.25, 0.3) is 0 Å². The highest BCUT2D eigenvalue weighted by molar-refractivity contribution is 7.95. The van der Waals surface area contributed by atoms with Crippen LogP contribution < -0.4 is 0 Å².